The average Bonchev–Trinajstić information content (AvgIpc) is 2.39. The predicted molar refractivity (Wildman–Crippen MR) is 72.2 cm³/mol. The fraction of sp³-hybridized carbons (Fsp3) is 0.500. The minimum atomic E-state index is -0.692. The normalized spacial score (nSPS) is 12.2. The zero-order chi connectivity index (χ0) is 14.3. The molecule has 0 aromatic heterocycles. The van der Waals surface area contributed by atoms with Gasteiger partial charge in [0.2, 0.25) is 5.91 Å². The molecule has 1 rings (SSSR count). The molecule has 5 heteroatoms. The van der Waals surface area contributed by atoms with E-state index in [9.17, 15) is 13.6 Å². The molecular formula is C14H18ClF2NO. The lowest BCUT2D eigenvalue weighted by Crippen LogP contribution is -2.31. The third kappa shape index (κ3) is 5.15. The van der Waals surface area contributed by atoms with Crippen LogP contribution in [0, 0.1) is 17.6 Å². The summed E-state index contributed by atoms with van der Waals surface area (Å²) in [6.45, 7) is 2.50. The molecule has 0 saturated heterocycles. The first-order chi connectivity index (χ1) is 9.08. The van der Waals surface area contributed by atoms with Crippen LogP contribution in [0.25, 0.3) is 0 Å². The van der Waals surface area contributed by atoms with Gasteiger partial charge in [-0.3, -0.25) is 4.79 Å². The molecule has 0 radical (unpaired) electrons. The van der Waals surface area contributed by atoms with E-state index in [0.29, 0.717) is 18.3 Å². The van der Waals surface area contributed by atoms with Crippen molar-refractivity contribution < 1.29 is 13.6 Å². The van der Waals surface area contributed by atoms with E-state index in [1.54, 1.807) is 0 Å². The number of hydrogen-bond donors (Lipinski definition) is 1. The van der Waals surface area contributed by atoms with E-state index in [4.69, 9.17) is 11.6 Å². The molecule has 0 aliphatic carbocycles. The Kier molecular flexibility index (Phi) is 6.78. The van der Waals surface area contributed by atoms with Crippen molar-refractivity contribution in [1.82, 2.24) is 5.32 Å². The number of amides is 1. The molecule has 0 aliphatic heterocycles. The minimum absolute atomic E-state index is 0.189. The molecule has 1 unspecified atom stereocenters. The first-order valence-electron chi connectivity index (χ1n) is 6.34. The molecule has 1 N–H and O–H groups in total. The lowest BCUT2D eigenvalue weighted by atomic mass is 10.0. The number of nitrogens with one attached hydrogen (secondary N) is 1. The van der Waals surface area contributed by atoms with Crippen molar-refractivity contribution >= 4 is 17.5 Å². The van der Waals surface area contributed by atoms with Gasteiger partial charge in [-0.05, 0) is 24.5 Å². The van der Waals surface area contributed by atoms with Crippen LogP contribution in [0.15, 0.2) is 18.2 Å². The maximum atomic E-state index is 13.4. The first-order valence-corrected chi connectivity index (χ1v) is 6.87. The molecule has 1 amide bonds. The number of halogens is 3. The smallest absolute Gasteiger partial charge is 0.224 e. The van der Waals surface area contributed by atoms with Gasteiger partial charge in [-0.15, -0.1) is 11.6 Å². The molecule has 106 valence electrons. The van der Waals surface area contributed by atoms with Crippen LogP contribution in [0.4, 0.5) is 8.78 Å². The molecule has 0 saturated carbocycles. The highest BCUT2D eigenvalue weighted by molar-refractivity contribution is 6.17. The Balaban J connectivity index is 2.51. The van der Waals surface area contributed by atoms with Crippen molar-refractivity contribution in [3.8, 4) is 0 Å². The van der Waals surface area contributed by atoms with E-state index >= 15 is 0 Å². The molecule has 0 aliphatic rings. The van der Waals surface area contributed by atoms with Gasteiger partial charge in [0.15, 0.2) is 0 Å². The quantitative estimate of drug-likeness (QED) is 0.767. The number of hydrogen-bond acceptors (Lipinski definition) is 1. The summed E-state index contributed by atoms with van der Waals surface area (Å²) in [5.41, 5.74) is -0.189. The maximum Gasteiger partial charge on any atom is 0.224 e. The average molecular weight is 290 g/mol. The molecule has 0 bridgehead atoms. The molecule has 1 aromatic carbocycles. The van der Waals surface area contributed by atoms with Crippen molar-refractivity contribution in [1.29, 1.82) is 0 Å². The number of alkyl halides is 1. The number of carbonyl (C=O) groups is 1. The summed E-state index contributed by atoms with van der Waals surface area (Å²) in [6.07, 6.45) is 1.43. The third-order valence-electron chi connectivity index (χ3n) is 3.08. The molecule has 19 heavy (non-hydrogen) atoms. The second kappa shape index (κ2) is 8.10. The Hall–Kier alpha value is -1.16. The fourth-order valence-electron chi connectivity index (χ4n) is 1.79. The fourth-order valence-corrected chi connectivity index (χ4v) is 2.10. The van der Waals surface area contributed by atoms with Crippen LogP contribution in [0.3, 0.4) is 0 Å². The molecule has 1 aromatic rings. The summed E-state index contributed by atoms with van der Waals surface area (Å²) in [4.78, 5) is 11.7. The molecule has 1 atom stereocenters. The van der Waals surface area contributed by atoms with Crippen LogP contribution in [0.1, 0.15) is 25.3 Å². The minimum Gasteiger partial charge on any atom is -0.356 e. The van der Waals surface area contributed by atoms with E-state index in [1.807, 2.05) is 6.92 Å². The SMILES string of the molecule is CCC(CCCl)CNC(=O)Cc1c(F)cccc1F. The zero-order valence-electron chi connectivity index (χ0n) is 10.9. The lowest BCUT2D eigenvalue weighted by molar-refractivity contribution is -0.120. The summed E-state index contributed by atoms with van der Waals surface area (Å²) in [5, 5.41) is 2.69. The second-order valence-electron chi connectivity index (χ2n) is 4.43. The maximum absolute atomic E-state index is 13.4. The summed E-state index contributed by atoms with van der Waals surface area (Å²) in [5.74, 6) is -0.925. The molecule has 0 fully saturated rings. The Morgan fingerprint density at radius 1 is 1.37 bits per heavy atom. The van der Waals surface area contributed by atoms with Gasteiger partial charge in [-0.1, -0.05) is 19.4 Å². The highest BCUT2D eigenvalue weighted by atomic mass is 35.5. The van der Waals surface area contributed by atoms with Gasteiger partial charge in [-0.2, -0.15) is 0 Å². The standard InChI is InChI=1S/C14H18ClF2NO/c1-2-10(6-7-15)9-18-14(19)8-11-12(16)4-3-5-13(11)17/h3-5,10H,2,6-9H2,1H3,(H,18,19). The van der Waals surface area contributed by atoms with Crippen LogP contribution in [0.2, 0.25) is 0 Å². The molecular weight excluding hydrogens is 272 g/mol. The van der Waals surface area contributed by atoms with E-state index < -0.39 is 11.6 Å². The summed E-state index contributed by atoms with van der Waals surface area (Å²) in [6, 6.07) is 3.57. The van der Waals surface area contributed by atoms with Crippen LogP contribution in [-0.4, -0.2) is 18.3 Å². The highest BCUT2D eigenvalue weighted by Crippen LogP contribution is 2.13. The van der Waals surface area contributed by atoms with Gasteiger partial charge >= 0.3 is 0 Å². The Morgan fingerprint density at radius 3 is 2.53 bits per heavy atom. The van der Waals surface area contributed by atoms with Crippen LogP contribution >= 0.6 is 11.6 Å². The van der Waals surface area contributed by atoms with Crippen molar-refractivity contribution in [3.63, 3.8) is 0 Å². The molecule has 0 heterocycles. The van der Waals surface area contributed by atoms with Crippen molar-refractivity contribution in [2.24, 2.45) is 5.92 Å². The third-order valence-corrected chi connectivity index (χ3v) is 3.30. The van der Waals surface area contributed by atoms with Gasteiger partial charge < -0.3 is 5.32 Å². The van der Waals surface area contributed by atoms with E-state index in [-0.39, 0.29) is 17.9 Å². The van der Waals surface area contributed by atoms with Crippen molar-refractivity contribution in [2.75, 3.05) is 12.4 Å². The van der Waals surface area contributed by atoms with Gasteiger partial charge in [0, 0.05) is 18.0 Å². The topological polar surface area (TPSA) is 29.1 Å². The van der Waals surface area contributed by atoms with Crippen molar-refractivity contribution in [3.05, 3.63) is 35.4 Å². The second-order valence-corrected chi connectivity index (χ2v) is 4.81. The first kappa shape index (κ1) is 15.9. The Morgan fingerprint density at radius 2 is 2.00 bits per heavy atom. The number of benzene rings is 1. The van der Waals surface area contributed by atoms with Gasteiger partial charge in [0.1, 0.15) is 11.6 Å². The summed E-state index contributed by atoms with van der Waals surface area (Å²) in [7, 11) is 0. The Labute approximate surface area is 117 Å². The van der Waals surface area contributed by atoms with Crippen LogP contribution in [0.5, 0.6) is 0 Å². The lowest BCUT2D eigenvalue weighted by Gasteiger charge is -2.14. The predicted octanol–water partition coefficient (Wildman–Crippen LogP) is 3.28. The Bertz CT molecular complexity index is 406. The van der Waals surface area contributed by atoms with Crippen molar-refractivity contribution in [2.45, 2.75) is 26.2 Å². The number of carbonyl (C=O) groups excluding carboxylic acids is 1. The monoisotopic (exact) mass is 289 g/mol. The number of rotatable bonds is 7. The highest BCUT2D eigenvalue weighted by Gasteiger charge is 2.14. The van der Waals surface area contributed by atoms with E-state index in [2.05, 4.69) is 5.32 Å². The van der Waals surface area contributed by atoms with E-state index in [1.165, 1.54) is 6.07 Å². The van der Waals surface area contributed by atoms with Gasteiger partial charge in [0.25, 0.3) is 0 Å². The molecule has 0 spiro atoms. The van der Waals surface area contributed by atoms with Gasteiger partial charge in [0.05, 0.1) is 6.42 Å². The molecule has 2 nitrogen and oxygen atoms in total. The largest absolute Gasteiger partial charge is 0.356 e. The summed E-state index contributed by atoms with van der Waals surface area (Å²) < 4.78 is 26.7. The van der Waals surface area contributed by atoms with E-state index in [0.717, 1.165) is 25.0 Å². The van der Waals surface area contributed by atoms with Crippen LogP contribution < -0.4 is 5.32 Å². The summed E-state index contributed by atoms with van der Waals surface area (Å²) >= 11 is 5.65. The van der Waals surface area contributed by atoms with Crippen LogP contribution in [-0.2, 0) is 11.2 Å². The zero-order valence-corrected chi connectivity index (χ0v) is 11.6. The van der Waals surface area contributed by atoms with Gasteiger partial charge in [-0.25, -0.2) is 8.78 Å².